The SMILES string of the molecule is COC1OC(=Nc2cccc([Si](C)(C)C)c2)C12C1CC3CC(C1)CC2C3. The van der Waals surface area contributed by atoms with Crippen LogP contribution in [0.4, 0.5) is 5.69 Å². The Kier molecular flexibility index (Phi) is 3.71. The topological polar surface area (TPSA) is 30.8 Å². The number of methoxy groups -OCH3 is 1. The fraction of sp³-hybridized carbons (Fsp3) is 0.682. The quantitative estimate of drug-likeness (QED) is 0.723. The highest BCUT2D eigenvalue weighted by atomic mass is 28.3. The first-order valence-corrected chi connectivity index (χ1v) is 13.8. The summed E-state index contributed by atoms with van der Waals surface area (Å²) in [4.78, 5) is 5.07. The van der Waals surface area contributed by atoms with Crippen LogP contribution in [0.2, 0.25) is 19.6 Å². The Balaban J connectivity index is 1.53. The predicted molar refractivity (Wildman–Crippen MR) is 108 cm³/mol. The highest BCUT2D eigenvalue weighted by molar-refractivity contribution is 6.88. The molecule has 4 heteroatoms. The molecule has 4 aliphatic carbocycles. The van der Waals surface area contributed by atoms with Crippen molar-refractivity contribution in [1.82, 2.24) is 0 Å². The lowest BCUT2D eigenvalue weighted by molar-refractivity contribution is -0.265. The second-order valence-electron chi connectivity index (χ2n) is 10.1. The van der Waals surface area contributed by atoms with Crippen molar-refractivity contribution in [3.05, 3.63) is 24.3 Å². The maximum Gasteiger partial charge on any atom is 0.216 e. The molecule has 26 heavy (non-hydrogen) atoms. The van der Waals surface area contributed by atoms with Crippen LogP contribution in [0.25, 0.3) is 0 Å². The van der Waals surface area contributed by atoms with Gasteiger partial charge in [0.15, 0.2) is 0 Å². The van der Waals surface area contributed by atoms with Crippen LogP contribution in [-0.2, 0) is 9.47 Å². The molecule has 1 unspecified atom stereocenters. The Morgan fingerprint density at radius 3 is 2.27 bits per heavy atom. The van der Waals surface area contributed by atoms with E-state index < -0.39 is 8.07 Å². The van der Waals surface area contributed by atoms with E-state index in [-0.39, 0.29) is 11.7 Å². The molecule has 4 bridgehead atoms. The molecule has 0 radical (unpaired) electrons. The van der Waals surface area contributed by atoms with Gasteiger partial charge in [0.1, 0.15) is 5.41 Å². The summed E-state index contributed by atoms with van der Waals surface area (Å²) < 4.78 is 12.0. The molecule has 4 saturated carbocycles. The monoisotopic (exact) mass is 369 g/mol. The lowest BCUT2D eigenvalue weighted by Gasteiger charge is -2.66. The Morgan fingerprint density at radius 1 is 1.04 bits per heavy atom. The number of benzene rings is 1. The van der Waals surface area contributed by atoms with Crippen LogP contribution >= 0.6 is 0 Å². The van der Waals surface area contributed by atoms with E-state index in [1.165, 1.54) is 37.3 Å². The predicted octanol–water partition coefficient (Wildman–Crippen LogP) is 4.71. The average molecular weight is 370 g/mol. The number of hydrogen-bond acceptors (Lipinski definition) is 3. The zero-order chi connectivity index (χ0) is 18.1. The number of rotatable bonds is 3. The standard InChI is InChI=1S/C22H31NO2Si/c1-24-21-22(16-9-14-8-15(11-16)12-17(22)10-14)20(25-21)23-18-6-5-7-19(13-18)26(2,3)4/h5-7,13-17,21H,8-12H2,1-4H3. The lowest BCUT2D eigenvalue weighted by Crippen LogP contribution is -2.70. The molecule has 1 aromatic carbocycles. The maximum absolute atomic E-state index is 6.14. The van der Waals surface area contributed by atoms with Gasteiger partial charge in [0.25, 0.3) is 0 Å². The lowest BCUT2D eigenvalue weighted by atomic mass is 9.43. The minimum Gasteiger partial charge on any atom is -0.450 e. The number of aliphatic imine (C=N–C) groups is 1. The minimum atomic E-state index is -1.34. The van der Waals surface area contributed by atoms with E-state index in [2.05, 4.69) is 43.9 Å². The largest absolute Gasteiger partial charge is 0.450 e. The molecule has 5 fully saturated rings. The van der Waals surface area contributed by atoms with E-state index in [0.717, 1.165) is 23.4 Å². The van der Waals surface area contributed by atoms with E-state index >= 15 is 0 Å². The summed E-state index contributed by atoms with van der Waals surface area (Å²) >= 11 is 0. The van der Waals surface area contributed by atoms with Crippen molar-refractivity contribution in [1.29, 1.82) is 0 Å². The van der Waals surface area contributed by atoms with Crippen molar-refractivity contribution >= 4 is 24.8 Å². The molecule has 1 atom stereocenters. The molecule has 1 spiro atoms. The van der Waals surface area contributed by atoms with Crippen LogP contribution in [0.1, 0.15) is 32.1 Å². The summed E-state index contributed by atoms with van der Waals surface area (Å²) in [6.45, 7) is 7.16. The first kappa shape index (κ1) is 17.0. The highest BCUT2D eigenvalue weighted by Crippen LogP contribution is 2.67. The van der Waals surface area contributed by atoms with Gasteiger partial charge in [0, 0.05) is 7.11 Å². The molecule has 140 valence electrons. The number of nitrogens with zero attached hydrogens (tertiary/aromatic N) is 1. The number of ether oxygens (including phenoxy) is 2. The zero-order valence-corrected chi connectivity index (χ0v) is 17.5. The fourth-order valence-corrected chi connectivity index (χ4v) is 7.74. The third-order valence-corrected chi connectivity index (χ3v) is 9.67. The molecule has 1 aliphatic heterocycles. The van der Waals surface area contributed by atoms with Crippen molar-refractivity contribution in [2.75, 3.05) is 7.11 Å². The summed E-state index contributed by atoms with van der Waals surface area (Å²) in [5.74, 6) is 4.27. The van der Waals surface area contributed by atoms with Gasteiger partial charge < -0.3 is 9.47 Å². The van der Waals surface area contributed by atoms with Gasteiger partial charge in [-0.1, -0.05) is 37.0 Å². The molecule has 1 heterocycles. The molecule has 0 aromatic heterocycles. The molecule has 6 rings (SSSR count). The molecule has 1 aromatic rings. The third-order valence-electron chi connectivity index (χ3n) is 7.63. The smallest absolute Gasteiger partial charge is 0.216 e. The molecule has 1 saturated heterocycles. The normalized spacial score (nSPS) is 42.2. The fourth-order valence-electron chi connectivity index (χ4n) is 6.57. The van der Waals surface area contributed by atoms with Crippen LogP contribution in [0.3, 0.4) is 0 Å². The van der Waals surface area contributed by atoms with Gasteiger partial charge in [-0.05, 0) is 67.9 Å². The van der Waals surface area contributed by atoms with E-state index in [1.54, 1.807) is 7.11 Å². The van der Waals surface area contributed by atoms with Crippen molar-refractivity contribution < 1.29 is 9.47 Å². The summed E-state index contributed by atoms with van der Waals surface area (Å²) in [7, 11) is 0.468. The molecule has 3 nitrogen and oxygen atoms in total. The summed E-state index contributed by atoms with van der Waals surface area (Å²) in [6, 6.07) is 8.83. The van der Waals surface area contributed by atoms with Gasteiger partial charge in [0.2, 0.25) is 12.2 Å². The molecule has 5 aliphatic rings. The van der Waals surface area contributed by atoms with Crippen LogP contribution in [0, 0.1) is 29.1 Å². The van der Waals surface area contributed by atoms with E-state index in [4.69, 9.17) is 14.5 Å². The second-order valence-corrected chi connectivity index (χ2v) is 15.2. The Bertz CT molecular complexity index is 723. The first-order chi connectivity index (χ1) is 12.4. The van der Waals surface area contributed by atoms with Crippen LogP contribution < -0.4 is 5.19 Å². The van der Waals surface area contributed by atoms with E-state index in [1.807, 2.05) is 0 Å². The average Bonchev–Trinajstić information content (AvgIpc) is 2.57. The third kappa shape index (κ3) is 2.31. The van der Waals surface area contributed by atoms with Crippen molar-refractivity contribution in [3.63, 3.8) is 0 Å². The Morgan fingerprint density at radius 2 is 1.69 bits per heavy atom. The van der Waals surface area contributed by atoms with Gasteiger partial charge in [-0.2, -0.15) is 0 Å². The van der Waals surface area contributed by atoms with Crippen molar-refractivity contribution in [2.24, 2.45) is 34.1 Å². The van der Waals surface area contributed by atoms with Gasteiger partial charge in [-0.3, -0.25) is 0 Å². The van der Waals surface area contributed by atoms with Gasteiger partial charge in [0.05, 0.1) is 13.8 Å². The molecular weight excluding hydrogens is 338 g/mol. The first-order valence-electron chi connectivity index (χ1n) is 10.3. The second kappa shape index (κ2) is 5.68. The Hall–Kier alpha value is -1.13. The Labute approximate surface area is 158 Å². The molecule has 0 N–H and O–H groups in total. The summed E-state index contributed by atoms with van der Waals surface area (Å²) in [5.41, 5.74) is 1.11. The van der Waals surface area contributed by atoms with Gasteiger partial charge >= 0.3 is 0 Å². The van der Waals surface area contributed by atoms with Crippen LogP contribution in [-0.4, -0.2) is 27.4 Å². The highest BCUT2D eigenvalue weighted by Gasteiger charge is 2.70. The van der Waals surface area contributed by atoms with Gasteiger partial charge in [-0.25, -0.2) is 4.99 Å². The molecular formula is C22H31NO2Si. The summed E-state index contributed by atoms with van der Waals surface area (Å²) in [6.07, 6.45) is 6.78. The van der Waals surface area contributed by atoms with E-state index in [0.29, 0.717) is 11.8 Å². The zero-order valence-electron chi connectivity index (χ0n) is 16.5. The van der Waals surface area contributed by atoms with Crippen LogP contribution in [0.5, 0.6) is 0 Å². The van der Waals surface area contributed by atoms with Gasteiger partial charge in [-0.15, -0.1) is 0 Å². The van der Waals surface area contributed by atoms with Crippen molar-refractivity contribution in [2.45, 2.75) is 58.0 Å². The summed E-state index contributed by atoms with van der Waals surface area (Å²) in [5, 5.41) is 1.46. The maximum atomic E-state index is 6.14. The van der Waals surface area contributed by atoms with E-state index in [9.17, 15) is 0 Å². The number of hydrogen-bond donors (Lipinski definition) is 0. The van der Waals surface area contributed by atoms with Crippen molar-refractivity contribution in [3.8, 4) is 0 Å². The van der Waals surface area contributed by atoms with Crippen LogP contribution in [0.15, 0.2) is 29.3 Å². The minimum absolute atomic E-state index is 0.0529. The molecule has 0 amide bonds.